The predicted molar refractivity (Wildman–Crippen MR) is 86.9 cm³/mol. The molecule has 1 aliphatic heterocycles. The number of hydrogen-bond donors (Lipinski definition) is 1. The highest BCUT2D eigenvalue weighted by molar-refractivity contribution is 7.07. The molecule has 0 saturated heterocycles. The summed E-state index contributed by atoms with van der Waals surface area (Å²) in [4.78, 5) is 9.06. The Labute approximate surface area is 131 Å². The Balaban J connectivity index is 2.13. The Kier molecular flexibility index (Phi) is 3.21. The van der Waals surface area contributed by atoms with Crippen LogP contribution in [0, 0.1) is 0 Å². The number of nitrogens with one attached hydrogen (secondary N) is 1. The molecule has 4 rings (SSSR count). The molecule has 0 unspecified atom stereocenters. The highest BCUT2D eigenvalue weighted by atomic mass is 35.5. The maximum absolute atomic E-state index is 6.27. The first-order valence-corrected chi connectivity index (χ1v) is 8.41. The van der Waals surface area contributed by atoms with Crippen LogP contribution in [-0.2, 0) is 19.5 Å². The van der Waals surface area contributed by atoms with E-state index in [-0.39, 0.29) is 0 Å². The zero-order valence-electron chi connectivity index (χ0n) is 11.7. The van der Waals surface area contributed by atoms with Crippen LogP contribution in [0.5, 0.6) is 0 Å². The van der Waals surface area contributed by atoms with Gasteiger partial charge in [0.15, 0.2) is 0 Å². The molecule has 4 heterocycles. The van der Waals surface area contributed by atoms with E-state index in [1.54, 1.807) is 11.3 Å². The summed E-state index contributed by atoms with van der Waals surface area (Å²) >= 11 is 7.87. The number of thiazole rings is 1. The first-order valence-electron chi connectivity index (χ1n) is 7.09. The van der Waals surface area contributed by atoms with Gasteiger partial charge in [0.1, 0.15) is 10.8 Å². The van der Waals surface area contributed by atoms with E-state index < -0.39 is 0 Å². The summed E-state index contributed by atoms with van der Waals surface area (Å²) in [5.74, 6) is 0. The largest absolute Gasteiger partial charge is 0.329 e. The summed E-state index contributed by atoms with van der Waals surface area (Å²) in [7, 11) is 0. The van der Waals surface area contributed by atoms with Gasteiger partial charge in [0.25, 0.3) is 0 Å². The number of aryl methyl sites for hydroxylation is 1. The Morgan fingerprint density at radius 3 is 3.14 bits per heavy atom. The maximum Gasteiger partial charge on any atom is 0.142 e. The van der Waals surface area contributed by atoms with Gasteiger partial charge >= 0.3 is 0 Å². The van der Waals surface area contributed by atoms with Gasteiger partial charge in [-0.15, -0.1) is 11.3 Å². The molecule has 0 saturated carbocycles. The molecule has 0 atom stereocenters. The highest BCUT2D eigenvalue weighted by Gasteiger charge is 2.23. The van der Waals surface area contributed by atoms with E-state index in [4.69, 9.17) is 11.6 Å². The number of aromatic nitrogens is 3. The molecule has 108 valence electrons. The monoisotopic (exact) mass is 318 g/mol. The lowest BCUT2D eigenvalue weighted by molar-refractivity contribution is 0.605. The van der Waals surface area contributed by atoms with Gasteiger partial charge in [-0.25, -0.2) is 9.97 Å². The summed E-state index contributed by atoms with van der Waals surface area (Å²) in [6.07, 6.45) is 1.04. The van der Waals surface area contributed by atoms with Crippen molar-refractivity contribution >= 4 is 34.0 Å². The van der Waals surface area contributed by atoms with Crippen molar-refractivity contribution in [3.8, 4) is 11.3 Å². The number of rotatable bonds is 2. The third-order valence-corrected chi connectivity index (χ3v) is 4.85. The third kappa shape index (κ3) is 1.99. The lowest BCUT2D eigenvalue weighted by atomic mass is 10.0. The summed E-state index contributed by atoms with van der Waals surface area (Å²) in [6, 6.07) is 1.94. The van der Waals surface area contributed by atoms with Crippen molar-refractivity contribution in [1.29, 1.82) is 0 Å². The molecule has 4 nitrogen and oxygen atoms in total. The van der Waals surface area contributed by atoms with Gasteiger partial charge in [-0.3, -0.25) is 0 Å². The number of hydrogen-bond acceptors (Lipinski definition) is 4. The summed E-state index contributed by atoms with van der Waals surface area (Å²) in [6.45, 7) is 4.98. The molecule has 21 heavy (non-hydrogen) atoms. The average Bonchev–Trinajstić information content (AvgIpc) is 3.12. The lowest BCUT2D eigenvalue weighted by Gasteiger charge is -2.15. The molecule has 0 aliphatic carbocycles. The Bertz CT molecular complexity index is 807. The van der Waals surface area contributed by atoms with Gasteiger partial charge in [-0.05, 0) is 18.6 Å². The molecular formula is C15H15ClN4S. The van der Waals surface area contributed by atoms with E-state index in [0.29, 0.717) is 5.15 Å². The van der Waals surface area contributed by atoms with E-state index in [1.807, 2.05) is 11.6 Å². The van der Waals surface area contributed by atoms with Gasteiger partial charge in [-0.2, -0.15) is 0 Å². The van der Waals surface area contributed by atoms with Crippen molar-refractivity contribution in [2.45, 2.75) is 26.4 Å². The average molecular weight is 319 g/mol. The van der Waals surface area contributed by atoms with Gasteiger partial charge in [0.2, 0.25) is 0 Å². The van der Waals surface area contributed by atoms with Crippen LogP contribution in [0.1, 0.15) is 18.2 Å². The Morgan fingerprint density at radius 1 is 1.48 bits per heavy atom. The molecule has 6 heteroatoms. The predicted octanol–water partition coefficient (Wildman–Crippen LogP) is 3.48. The SMILES string of the molecule is CCn1c2c(c3c(-c4cscn4)cc(Cl)nc31)CNCC2. The number of fused-ring (bicyclic) bond motifs is 3. The second-order valence-electron chi connectivity index (χ2n) is 5.16. The molecule has 1 N–H and O–H groups in total. The van der Waals surface area contributed by atoms with Crippen molar-refractivity contribution in [2.75, 3.05) is 6.54 Å². The van der Waals surface area contributed by atoms with Crippen LogP contribution in [-0.4, -0.2) is 21.1 Å². The topological polar surface area (TPSA) is 42.7 Å². The fraction of sp³-hybridized carbons (Fsp3) is 0.333. The zero-order valence-corrected chi connectivity index (χ0v) is 13.3. The summed E-state index contributed by atoms with van der Waals surface area (Å²) < 4.78 is 2.30. The third-order valence-electron chi connectivity index (χ3n) is 4.07. The second-order valence-corrected chi connectivity index (χ2v) is 6.27. The maximum atomic E-state index is 6.27. The van der Waals surface area contributed by atoms with Crippen molar-refractivity contribution in [3.63, 3.8) is 0 Å². The van der Waals surface area contributed by atoms with Gasteiger partial charge < -0.3 is 9.88 Å². The highest BCUT2D eigenvalue weighted by Crippen LogP contribution is 2.36. The normalized spacial score (nSPS) is 14.6. The Morgan fingerprint density at radius 2 is 2.38 bits per heavy atom. The molecule has 0 aromatic carbocycles. The van der Waals surface area contributed by atoms with Gasteiger partial charge in [-0.1, -0.05) is 11.6 Å². The molecular weight excluding hydrogens is 304 g/mol. The van der Waals surface area contributed by atoms with E-state index >= 15 is 0 Å². The molecule has 0 spiro atoms. The van der Waals surface area contributed by atoms with Crippen LogP contribution >= 0.6 is 22.9 Å². The zero-order chi connectivity index (χ0) is 14.4. The summed E-state index contributed by atoms with van der Waals surface area (Å²) in [5, 5.41) is 7.27. The molecule has 0 radical (unpaired) electrons. The van der Waals surface area contributed by atoms with Crippen molar-refractivity contribution in [3.05, 3.63) is 33.4 Å². The molecule has 3 aromatic rings. The minimum atomic E-state index is 0.531. The van der Waals surface area contributed by atoms with Crippen LogP contribution in [0.3, 0.4) is 0 Å². The lowest BCUT2D eigenvalue weighted by Crippen LogP contribution is -2.24. The number of halogens is 1. The van der Waals surface area contributed by atoms with Gasteiger partial charge in [0, 0.05) is 48.1 Å². The molecule has 1 aliphatic rings. The molecule has 0 amide bonds. The van der Waals surface area contributed by atoms with E-state index in [2.05, 4.69) is 32.2 Å². The van der Waals surface area contributed by atoms with E-state index in [9.17, 15) is 0 Å². The number of nitrogens with zero attached hydrogens (tertiary/aromatic N) is 3. The standard InChI is InChI=1S/C15H15ClN4S/c1-2-20-12-3-4-17-6-10(12)14-9(11-7-21-8-18-11)5-13(16)19-15(14)20/h5,7-8,17H,2-4,6H2,1H3. The van der Waals surface area contributed by atoms with Gasteiger partial charge in [0.05, 0.1) is 11.2 Å². The fourth-order valence-corrected chi connectivity index (χ4v) is 3.95. The van der Waals surface area contributed by atoms with Crippen molar-refractivity contribution in [1.82, 2.24) is 19.9 Å². The van der Waals surface area contributed by atoms with Crippen LogP contribution in [0.4, 0.5) is 0 Å². The number of pyridine rings is 1. The van der Waals surface area contributed by atoms with Crippen molar-refractivity contribution < 1.29 is 0 Å². The fourth-order valence-electron chi connectivity index (χ4n) is 3.21. The quantitative estimate of drug-likeness (QED) is 0.736. The van der Waals surface area contributed by atoms with Crippen molar-refractivity contribution in [2.24, 2.45) is 0 Å². The molecule has 0 bridgehead atoms. The first kappa shape index (κ1) is 13.2. The molecule has 3 aromatic heterocycles. The van der Waals surface area contributed by atoms with Crippen LogP contribution in [0.25, 0.3) is 22.3 Å². The minimum Gasteiger partial charge on any atom is -0.329 e. The summed E-state index contributed by atoms with van der Waals surface area (Å²) in [5.41, 5.74) is 7.66. The first-order chi connectivity index (χ1) is 10.3. The molecule has 0 fully saturated rings. The van der Waals surface area contributed by atoms with Crippen LogP contribution in [0.15, 0.2) is 17.0 Å². The second kappa shape index (κ2) is 5.09. The minimum absolute atomic E-state index is 0.531. The smallest absolute Gasteiger partial charge is 0.142 e. The van der Waals surface area contributed by atoms with E-state index in [0.717, 1.165) is 43.0 Å². The Hall–Kier alpha value is -1.43. The van der Waals surface area contributed by atoms with Crippen LogP contribution in [0.2, 0.25) is 5.15 Å². The van der Waals surface area contributed by atoms with E-state index in [1.165, 1.54) is 16.6 Å². The van der Waals surface area contributed by atoms with Crippen LogP contribution < -0.4 is 5.32 Å².